The van der Waals surface area contributed by atoms with Gasteiger partial charge in [-0.15, -0.1) is 0 Å². The Balaban J connectivity index is 2.43. The molecule has 1 saturated heterocycles. The molecule has 0 aromatic heterocycles. The van der Waals surface area contributed by atoms with Crippen molar-refractivity contribution in [1.29, 1.82) is 5.26 Å². The van der Waals surface area contributed by atoms with Crippen molar-refractivity contribution in [3.05, 3.63) is 0 Å². The zero-order valence-electron chi connectivity index (χ0n) is 5.39. The monoisotopic (exact) mass is 127 g/mol. The number of hydrogen-bond donors (Lipinski definition) is 0. The minimum atomic E-state index is -0.616. The average Bonchev–Trinajstić information content (AvgIpc) is 2.16. The molecule has 1 rings (SSSR count). The number of hydrogen-bond acceptors (Lipinski definition) is 3. The maximum absolute atomic E-state index is 8.28. The molecule has 1 fully saturated rings. The van der Waals surface area contributed by atoms with Crippen LogP contribution in [-0.2, 0) is 9.47 Å². The van der Waals surface area contributed by atoms with Gasteiger partial charge in [-0.2, -0.15) is 5.26 Å². The molecule has 3 heteroatoms. The van der Waals surface area contributed by atoms with Crippen molar-refractivity contribution < 1.29 is 9.47 Å². The fraction of sp³-hybridized carbons (Fsp3) is 0.833. The van der Waals surface area contributed by atoms with E-state index in [1.54, 1.807) is 6.92 Å². The lowest BCUT2D eigenvalue weighted by Gasteiger charge is -2.17. The van der Waals surface area contributed by atoms with Crippen molar-refractivity contribution in [1.82, 2.24) is 0 Å². The van der Waals surface area contributed by atoms with Crippen LogP contribution in [0.3, 0.4) is 0 Å². The highest BCUT2D eigenvalue weighted by Gasteiger charge is 2.30. The van der Waals surface area contributed by atoms with Gasteiger partial charge in [-0.1, -0.05) is 0 Å². The van der Waals surface area contributed by atoms with Crippen LogP contribution in [-0.4, -0.2) is 19.0 Å². The fourth-order valence-electron chi connectivity index (χ4n) is 0.802. The molecule has 50 valence electrons. The van der Waals surface area contributed by atoms with Crippen LogP contribution in [0.1, 0.15) is 13.3 Å². The van der Waals surface area contributed by atoms with Crippen molar-refractivity contribution >= 4 is 0 Å². The van der Waals surface area contributed by atoms with Gasteiger partial charge in [0.15, 0.2) is 5.79 Å². The second kappa shape index (κ2) is 2.34. The zero-order valence-corrected chi connectivity index (χ0v) is 5.39. The third kappa shape index (κ3) is 1.41. The summed E-state index contributed by atoms with van der Waals surface area (Å²) < 4.78 is 10.3. The number of ether oxygens (including phenoxy) is 2. The Morgan fingerprint density at radius 2 is 2.11 bits per heavy atom. The average molecular weight is 127 g/mol. The molecule has 0 atom stereocenters. The first-order valence-electron chi connectivity index (χ1n) is 2.92. The van der Waals surface area contributed by atoms with E-state index in [9.17, 15) is 0 Å². The lowest BCUT2D eigenvalue weighted by Crippen LogP contribution is -2.24. The van der Waals surface area contributed by atoms with Gasteiger partial charge in [0.05, 0.1) is 25.7 Å². The Morgan fingerprint density at radius 3 is 2.56 bits per heavy atom. The summed E-state index contributed by atoms with van der Waals surface area (Å²) in [4.78, 5) is 0. The summed E-state index contributed by atoms with van der Waals surface area (Å²) in [6, 6.07) is 2.00. The molecule has 0 saturated carbocycles. The Labute approximate surface area is 54.2 Å². The molecular formula is C6H9NO2. The summed E-state index contributed by atoms with van der Waals surface area (Å²) in [6.07, 6.45) is 0.312. The fourth-order valence-corrected chi connectivity index (χ4v) is 0.802. The maximum Gasteiger partial charge on any atom is 0.178 e. The molecule has 0 amide bonds. The van der Waals surface area contributed by atoms with E-state index < -0.39 is 5.79 Å². The topological polar surface area (TPSA) is 42.2 Å². The van der Waals surface area contributed by atoms with Crippen LogP contribution in [0.4, 0.5) is 0 Å². The summed E-state index contributed by atoms with van der Waals surface area (Å²) in [5.74, 6) is -0.616. The third-order valence-corrected chi connectivity index (χ3v) is 1.30. The molecule has 1 heterocycles. The highest BCUT2D eigenvalue weighted by atomic mass is 16.7. The van der Waals surface area contributed by atoms with Gasteiger partial charge in [0.25, 0.3) is 0 Å². The van der Waals surface area contributed by atoms with Crippen LogP contribution in [0.25, 0.3) is 0 Å². The SMILES string of the molecule is CC1(CC#N)OCCO1. The summed E-state index contributed by atoms with van der Waals surface area (Å²) in [6.45, 7) is 3.00. The van der Waals surface area contributed by atoms with Gasteiger partial charge in [-0.05, 0) is 6.92 Å². The minimum absolute atomic E-state index is 0.312. The van der Waals surface area contributed by atoms with E-state index in [1.165, 1.54) is 0 Å². The lowest BCUT2D eigenvalue weighted by molar-refractivity contribution is -0.137. The van der Waals surface area contributed by atoms with E-state index in [1.807, 2.05) is 6.07 Å². The standard InChI is InChI=1S/C6H9NO2/c1-6(2-3-7)8-4-5-9-6/h2,4-5H2,1H3. The van der Waals surface area contributed by atoms with Crippen LogP contribution in [0.5, 0.6) is 0 Å². The molecule has 0 aromatic rings. The van der Waals surface area contributed by atoms with Crippen LogP contribution in [0, 0.1) is 11.3 Å². The normalized spacial score (nSPS) is 23.6. The molecule has 9 heavy (non-hydrogen) atoms. The van der Waals surface area contributed by atoms with Crippen molar-refractivity contribution in [2.75, 3.05) is 13.2 Å². The summed E-state index contributed by atoms with van der Waals surface area (Å²) in [7, 11) is 0. The van der Waals surface area contributed by atoms with Gasteiger partial charge in [-0.3, -0.25) is 0 Å². The van der Waals surface area contributed by atoms with E-state index in [4.69, 9.17) is 14.7 Å². The smallest absolute Gasteiger partial charge is 0.178 e. The van der Waals surface area contributed by atoms with E-state index in [0.29, 0.717) is 19.6 Å². The first kappa shape index (κ1) is 6.53. The molecule has 0 aromatic carbocycles. The van der Waals surface area contributed by atoms with E-state index in [2.05, 4.69) is 0 Å². The molecule has 1 aliphatic heterocycles. The van der Waals surface area contributed by atoms with Crippen LogP contribution >= 0.6 is 0 Å². The molecule has 0 bridgehead atoms. The lowest BCUT2D eigenvalue weighted by atomic mass is 10.2. The molecule has 0 aliphatic carbocycles. The predicted molar refractivity (Wildman–Crippen MR) is 30.5 cm³/mol. The Bertz CT molecular complexity index is 132. The molecule has 1 aliphatic rings. The van der Waals surface area contributed by atoms with E-state index in [-0.39, 0.29) is 0 Å². The second-order valence-corrected chi connectivity index (χ2v) is 2.17. The molecule has 0 spiro atoms. The highest BCUT2D eigenvalue weighted by molar-refractivity contribution is 4.81. The second-order valence-electron chi connectivity index (χ2n) is 2.17. The summed E-state index contributed by atoms with van der Waals surface area (Å²) in [5.41, 5.74) is 0. The van der Waals surface area contributed by atoms with E-state index in [0.717, 1.165) is 0 Å². The van der Waals surface area contributed by atoms with Crippen molar-refractivity contribution in [2.45, 2.75) is 19.1 Å². The number of rotatable bonds is 1. The third-order valence-electron chi connectivity index (χ3n) is 1.30. The highest BCUT2D eigenvalue weighted by Crippen LogP contribution is 2.21. The van der Waals surface area contributed by atoms with Crippen molar-refractivity contribution in [3.8, 4) is 6.07 Å². The van der Waals surface area contributed by atoms with Crippen LogP contribution in [0.15, 0.2) is 0 Å². The number of nitriles is 1. The summed E-state index contributed by atoms with van der Waals surface area (Å²) in [5, 5.41) is 8.28. The minimum Gasteiger partial charge on any atom is -0.347 e. The maximum atomic E-state index is 8.28. The Morgan fingerprint density at radius 1 is 1.56 bits per heavy atom. The molecule has 3 nitrogen and oxygen atoms in total. The van der Waals surface area contributed by atoms with Gasteiger partial charge in [0.2, 0.25) is 0 Å². The van der Waals surface area contributed by atoms with Crippen LogP contribution in [0.2, 0.25) is 0 Å². The summed E-state index contributed by atoms with van der Waals surface area (Å²) >= 11 is 0. The Kier molecular flexibility index (Phi) is 1.70. The van der Waals surface area contributed by atoms with Crippen molar-refractivity contribution in [2.24, 2.45) is 0 Å². The zero-order chi connectivity index (χ0) is 6.74. The van der Waals surface area contributed by atoms with Gasteiger partial charge in [-0.25, -0.2) is 0 Å². The van der Waals surface area contributed by atoms with Gasteiger partial charge in [0.1, 0.15) is 0 Å². The van der Waals surface area contributed by atoms with Gasteiger partial charge in [0, 0.05) is 0 Å². The van der Waals surface area contributed by atoms with Crippen molar-refractivity contribution in [3.63, 3.8) is 0 Å². The molecule has 0 unspecified atom stereocenters. The van der Waals surface area contributed by atoms with Gasteiger partial charge >= 0.3 is 0 Å². The van der Waals surface area contributed by atoms with Gasteiger partial charge < -0.3 is 9.47 Å². The molecule has 0 N–H and O–H groups in total. The quantitative estimate of drug-likeness (QED) is 0.519. The molecular weight excluding hydrogens is 118 g/mol. The number of nitrogens with zero attached hydrogens (tertiary/aromatic N) is 1. The largest absolute Gasteiger partial charge is 0.347 e. The Hall–Kier alpha value is -0.590. The predicted octanol–water partition coefficient (Wildman–Crippen LogP) is 0.663. The van der Waals surface area contributed by atoms with E-state index >= 15 is 0 Å². The molecule has 0 radical (unpaired) electrons. The van der Waals surface area contributed by atoms with Crippen LogP contribution < -0.4 is 0 Å². The first-order chi connectivity index (χ1) is 4.27. The first-order valence-corrected chi connectivity index (χ1v) is 2.92.